The Kier molecular flexibility index (Phi) is 6.56. The summed E-state index contributed by atoms with van der Waals surface area (Å²) in [6.07, 6.45) is 0. The van der Waals surface area contributed by atoms with E-state index in [1.165, 1.54) is 44.2 Å². The highest BCUT2D eigenvalue weighted by Crippen LogP contribution is 2.52. The van der Waals surface area contributed by atoms with Crippen LogP contribution in [0.3, 0.4) is 0 Å². The summed E-state index contributed by atoms with van der Waals surface area (Å²) in [5.74, 6) is 0. The maximum absolute atomic E-state index is 6.39. The number of nitrogens with zero attached hydrogens (tertiary/aromatic N) is 1. The number of hydrogen-bond donors (Lipinski definition) is 0. The minimum absolute atomic E-state index is 0.133. The summed E-state index contributed by atoms with van der Waals surface area (Å²) in [5, 5.41) is 4.72. The predicted molar refractivity (Wildman–Crippen MR) is 214 cm³/mol. The van der Waals surface area contributed by atoms with Crippen LogP contribution in [-0.2, 0) is 5.41 Å². The third kappa shape index (κ3) is 4.57. The van der Waals surface area contributed by atoms with E-state index in [9.17, 15) is 0 Å². The highest BCUT2D eigenvalue weighted by Gasteiger charge is 2.36. The molecule has 1 heterocycles. The van der Waals surface area contributed by atoms with Gasteiger partial charge in [0.2, 0.25) is 0 Å². The number of hydrogen-bond acceptors (Lipinski definition) is 2. The number of furan rings is 1. The molecule has 1 aliphatic carbocycles. The summed E-state index contributed by atoms with van der Waals surface area (Å²) in [4.78, 5) is 2.47. The van der Waals surface area contributed by atoms with Crippen LogP contribution < -0.4 is 4.90 Å². The number of rotatable bonds is 5. The fraction of sp³-hybridized carbons (Fsp3) is 0.0612. The zero-order chi connectivity index (χ0) is 34.1. The Morgan fingerprint density at radius 2 is 1.06 bits per heavy atom. The largest absolute Gasteiger partial charge is 0.456 e. The van der Waals surface area contributed by atoms with Crippen molar-refractivity contribution in [2.24, 2.45) is 0 Å². The molecule has 0 saturated carbocycles. The molecule has 0 bridgehead atoms. The molecule has 0 saturated heterocycles. The van der Waals surface area contributed by atoms with Crippen LogP contribution in [0.1, 0.15) is 25.0 Å². The molecule has 0 spiro atoms. The topological polar surface area (TPSA) is 16.4 Å². The van der Waals surface area contributed by atoms with Crippen LogP contribution in [0.25, 0.3) is 66.1 Å². The van der Waals surface area contributed by atoms with Crippen LogP contribution in [-0.4, -0.2) is 0 Å². The summed E-state index contributed by atoms with van der Waals surface area (Å²) in [5.41, 5.74) is 15.0. The van der Waals surface area contributed by atoms with Crippen molar-refractivity contribution in [3.8, 4) is 33.4 Å². The van der Waals surface area contributed by atoms with E-state index in [0.29, 0.717) is 0 Å². The summed E-state index contributed by atoms with van der Waals surface area (Å²) >= 11 is 0. The molecule has 51 heavy (non-hydrogen) atoms. The first kappa shape index (κ1) is 29.5. The van der Waals surface area contributed by atoms with Crippen LogP contribution in [0.5, 0.6) is 0 Å². The third-order valence-electron chi connectivity index (χ3n) is 10.9. The number of anilines is 3. The van der Waals surface area contributed by atoms with Gasteiger partial charge in [0.05, 0.1) is 11.4 Å². The van der Waals surface area contributed by atoms with Crippen molar-refractivity contribution < 1.29 is 4.42 Å². The van der Waals surface area contributed by atoms with Crippen molar-refractivity contribution in [2.75, 3.05) is 4.90 Å². The smallest absolute Gasteiger partial charge is 0.136 e. The Labute approximate surface area is 297 Å². The number of benzene rings is 8. The molecule has 242 valence electrons. The molecule has 1 aromatic heterocycles. The van der Waals surface area contributed by atoms with E-state index in [1.807, 2.05) is 6.07 Å². The van der Waals surface area contributed by atoms with Crippen molar-refractivity contribution in [1.29, 1.82) is 0 Å². The van der Waals surface area contributed by atoms with Gasteiger partial charge in [0.25, 0.3) is 0 Å². The zero-order valence-electron chi connectivity index (χ0n) is 28.6. The molecule has 0 aliphatic heterocycles. The Hall–Kier alpha value is -6.38. The lowest BCUT2D eigenvalue weighted by molar-refractivity contribution is 0.660. The molecule has 0 fully saturated rings. The highest BCUT2D eigenvalue weighted by atomic mass is 16.3. The SMILES string of the molecule is CC1(C)c2ccccc2-c2ccc(N(c3ccccc3-c3ccc4ccccc4c3)c3ccccc3-c3cccc4oc5ccccc5c34)cc21. The summed E-state index contributed by atoms with van der Waals surface area (Å²) in [6, 6.07) is 63.8. The second-order valence-corrected chi connectivity index (χ2v) is 14.1. The second kappa shape index (κ2) is 11.3. The summed E-state index contributed by atoms with van der Waals surface area (Å²) in [7, 11) is 0. The predicted octanol–water partition coefficient (Wildman–Crippen LogP) is 13.8. The molecule has 9 aromatic rings. The molecular formula is C49H35NO. The quantitative estimate of drug-likeness (QED) is 0.184. The molecule has 0 radical (unpaired) electrons. The number of fused-ring (bicyclic) bond motifs is 7. The van der Waals surface area contributed by atoms with E-state index in [-0.39, 0.29) is 5.41 Å². The normalized spacial score (nSPS) is 13.1. The van der Waals surface area contributed by atoms with Gasteiger partial charge < -0.3 is 9.32 Å². The highest BCUT2D eigenvalue weighted by molar-refractivity contribution is 6.14. The van der Waals surface area contributed by atoms with E-state index in [4.69, 9.17) is 4.42 Å². The van der Waals surface area contributed by atoms with Gasteiger partial charge in [0, 0.05) is 33.0 Å². The van der Waals surface area contributed by atoms with Crippen molar-refractivity contribution in [3.63, 3.8) is 0 Å². The third-order valence-corrected chi connectivity index (χ3v) is 10.9. The maximum atomic E-state index is 6.39. The average molecular weight is 654 g/mol. The lowest BCUT2D eigenvalue weighted by Crippen LogP contribution is -2.17. The van der Waals surface area contributed by atoms with E-state index in [0.717, 1.165) is 50.1 Å². The summed E-state index contributed by atoms with van der Waals surface area (Å²) < 4.78 is 6.39. The van der Waals surface area contributed by atoms with Crippen molar-refractivity contribution in [3.05, 3.63) is 187 Å². The molecule has 1 aliphatic rings. The van der Waals surface area contributed by atoms with Crippen molar-refractivity contribution >= 4 is 49.8 Å². The van der Waals surface area contributed by atoms with Gasteiger partial charge in [0.15, 0.2) is 0 Å². The molecule has 0 unspecified atom stereocenters. The number of para-hydroxylation sites is 3. The maximum Gasteiger partial charge on any atom is 0.136 e. The molecule has 0 N–H and O–H groups in total. The molecular weight excluding hydrogens is 619 g/mol. The Bertz CT molecular complexity index is 2800. The van der Waals surface area contributed by atoms with Crippen LogP contribution >= 0.6 is 0 Å². The Morgan fingerprint density at radius 3 is 1.92 bits per heavy atom. The van der Waals surface area contributed by atoms with Crippen LogP contribution in [0.2, 0.25) is 0 Å². The first-order chi connectivity index (χ1) is 25.1. The molecule has 2 heteroatoms. The van der Waals surface area contributed by atoms with Crippen LogP contribution in [0.15, 0.2) is 180 Å². The van der Waals surface area contributed by atoms with Crippen LogP contribution in [0.4, 0.5) is 17.1 Å². The van der Waals surface area contributed by atoms with Gasteiger partial charge in [-0.05, 0) is 86.6 Å². The fourth-order valence-electron chi connectivity index (χ4n) is 8.40. The van der Waals surface area contributed by atoms with Gasteiger partial charge in [-0.2, -0.15) is 0 Å². The lowest BCUT2D eigenvalue weighted by Gasteiger charge is -2.31. The first-order valence-electron chi connectivity index (χ1n) is 17.7. The zero-order valence-corrected chi connectivity index (χ0v) is 28.6. The molecule has 10 rings (SSSR count). The van der Waals surface area contributed by atoms with Gasteiger partial charge in [0.1, 0.15) is 11.2 Å². The van der Waals surface area contributed by atoms with Gasteiger partial charge in [-0.3, -0.25) is 0 Å². The van der Waals surface area contributed by atoms with Crippen LogP contribution in [0, 0.1) is 0 Å². The van der Waals surface area contributed by atoms with E-state index in [1.54, 1.807) is 0 Å². The van der Waals surface area contributed by atoms with Gasteiger partial charge in [-0.1, -0.05) is 147 Å². The minimum atomic E-state index is -0.133. The van der Waals surface area contributed by atoms with Gasteiger partial charge in [-0.15, -0.1) is 0 Å². The average Bonchev–Trinajstić information content (AvgIpc) is 3.67. The monoisotopic (exact) mass is 653 g/mol. The molecule has 0 amide bonds. The standard InChI is InChI=1S/C49H35NO/c1-49(2)42-21-9-5-17-37(42)38-29-28-35(31-43(38)49)50(44-22-10-6-16-36(44)34-27-26-32-14-3-4-15-33(32)30-34)45-23-11-7-18-39(45)40-20-13-25-47-48(40)41-19-8-12-24-46(41)51-47/h3-31H,1-2H3. The molecule has 2 nitrogen and oxygen atoms in total. The lowest BCUT2D eigenvalue weighted by atomic mass is 9.82. The Morgan fingerprint density at radius 1 is 0.431 bits per heavy atom. The van der Waals surface area contributed by atoms with Crippen molar-refractivity contribution in [1.82, 2.24) is 0 Å². The first-order valence-corrected chi connectivity index (χ1v) is 17.7. The second-order valence-electron chi connectivity index (χ2n) is 14.1. The van der Waals surface area contributed by atoms with Crippen molar-refractivity contribution in [2.45, 2.75) is 19.3 Å². The van der Waals surface area contributed by atoms with E-state index < -0.39 is 0 Å². The fourth-order valence-corrected chi connectivity index (χ4v) is 8.40. The van der Waals surface area contributed by atoms with E-state index in [2.05, 4.69) is 189 Å². The molecule has 8 aromatic carbocycles. The minimum Gasteiger partial charge on any atom is -0.456 e. The summed E-state index contributed by atoms with van der Waals surface area (Å²) in [6.45, 7) is 4.71. The van der Waals surface area contributed by atoms with Gasteiger partial charge in [-0.25, -0.2) is 0 Å². The van der Waals surface area contributed by atoms with E-state index >= 15 is 0 Å². The molecule has 0 atom stereocenters. The van der Waals surface area contributed by atoms with Gasteiger partial charge >= 0.3 is 0 Å². The Balaban J connectivity index is 1.25.